The zero-order valence-electron chi connectivity index (χ0n) is 16.3. The van der Waals surface area contributed by atoms with E-state index in [9.17, 15) is 8.42 Å². The lowest BCUT2D eigenvalue weighted by Crippen LogP contribution is -2.59. The first-order valence-electron chi connectivity index (χ1n) is 9.52. The van der Waals surface area contributed by atoms with E-state index in [1.807, 2.05) is 6.07 Å². The lowest BCUT2D eigenvalue weighted by Gasteiger charge is -2.52. The number of rotatable bonds is 3. The average Bonchev–Trinajstić information content (AvgIpc) is 2.65. The van der Waals surface area contributed by atoms with Crippen LogP contribution in [-0.4, -0.2) is 68.8 Å². The van der Waals surface area contributed by atoms with Crippen LogP contribution in [0, 0.1) is 5.92 Å². The third-order valence-corrected chi connectivity index (χ3v) is 8.35. The fourth-order valence-electron chi connectivity index (χ4n) is 5.01. The number of methoxy groups -OCH3 is 1. The number of hydrogen-bond acceptors (Lipinski definition) is 4. The summed E-state index contributed by atoms with van der Waals surface area (Å²) >= 11 is 0. The summed E-state index contributed by atoms with van der Waals surface area (Å²) in [5.41, 5.74) is 2.70. The van der Waals surface area contributed by atoms with Gasteiger partial charge in [-0.25, -0.2) is 0 Å². The van der Waals surface area contributed by atoms with Crippen LogP contribution in [0.15, 0.2) is 18.2 Å². The number of halogens is 1. The summed E-state index contributed by atoms with van der Waals surface area (Å²) in [4.78, 5) is 2.57. The molecule has 3 aliphatic heterocycles. The van der Waals surface area contributed by atoms with Crippen molar-refractivity contribution in [3.63, 3.8) is 0 Å². The van der Waals surface area contributed by atoms with E-state index in [0.29, 0.717) is 18.5 Å². The van der Waals surface area contributed by atoms with E-state index < -0.39 is 10.2 Å². The van der Waals surface area contributed by atoms with Crippen molar-refractivity contribution in [2.45, 2.75) is 37.8 Å². The van der Waals surface area contributed by atoms with E-state index in [1.165, 1.54) is 15.4 Å². The molecule has 3 atom stereocenters. The number of nitrogens with zero attached hydrogens (tertiary/aromatic N) is 3. The molecule has 0 saturated carbocycles. The molecule has 0 spiro atoms. The monoisotopic (exact) mass is 415 g/mol. The molecule has 1 aromatic rings. The van der Waals surface area contributed by atoms with Gasteiger partial charge in [0.15, 0.2) is 0 Å². The van der Waals surface area contributed by atoms with Crippen molar-refractivity contribution in [1.82, 2.24) is 13.5 Å². The summed E-state index contributed by atoms with van der Waals surface area (Å²) in [5.74, 6) is 1.34. The topological polar surface area (TPSA) is 53.1 Å². The predicted octanol–water partition coefficient (Wildman–Crippen LogP) is 2.31. The van der Waals surface area contributed by atoms with Crippen molar-refractivity contribution in [2.75, 3.05) is 40.8 Å². The molecule has 0 aliphatic carbocycles. The molecular formula is C19H30ClN3O3S. The molecular weight excluding hydrogens is 386 g/mol. The quantitative estimate of drug-likeness (QED) is 0.760. The van der Waals surface area contributed by atoms with Crippen molar-refractivity contribution in [1.29, 1.82) is 0 Å². The second-order valence-corrected chi connectivity index (χ2v) is 10.0. The Labute approximate surface area is 169 Å². The summed E-state index contributed by atoms with van der Waals surface area (Å²) in [6.45, 7) is 2.69. The number of hydrogen-bond donors (Lipinski definition) is 0. The van der Waals surface area contributed by atoms with Gasteiger partial charge in [-0.1, -0.05) is 6.07 Å². The Morgan fingerprint density at radius 1 is 1.22 bits per heavy atom. The first-order chi connectivity index (χ1) is 12.4. The Kier molecular flexibility index (Phi) is 6.08. The highest BCUT2D eigenvalue weighted by Crippen LogP contribution is 2.44. The summed E-state index contributed by atoms with van der Waals surface area (Å²) in [6, 6.07) is 6.77. The molecule has 2 saturated heterocycles. The third kappa shape index (κ3) is 3.60. The zero-order valence-corrected chi connectivity index (χ0v) is 17.9. The number of ether oxygens (including phenoxy) is 1. The van der Waals surface area contributed by atoms with Gasteiger partial charge in [0.25, 0.3) is 10.2 Å². The van der Waals surface area contributed by atoms with Crippen LogP contribution in [0.2, 0.25) is 0 Å². The van der Waals surface area contributed by atoms with Crippen molar-refractivity contribution in [3.8, 4) is 5.75 Å². The Morgan fingerprint density at radius 3 is 2.70 bits per heavy atom. The Morgan fingerprint density at radius 2 is 2.00 bits per heavy atom. The second-order valence-electron chi connectivity index (χ2n) is 7.93. The van der Waals surface area contributed by atoms with Gasteiger partial charge in [-0.3, -0.25) is 4.90 Å². The van der Waals surface area contributed by atoms with Crippen molar-refractivity contribution >= 4 is 22.6 Å². The lowest BCUT2D eigenvalue weighted by atomic mass is 9.77. The maximum absolute atomic E-state index is 12.9. The van der Waals surface area contributed by atoms with Crippen LogP contribution < -0.4 is 4.74 Å². The first kappa shape index (κ1) is 20.9. The van der Waals surface area contributed by atoms with Gasteiger partial charge in [-0.05, 0) is 54.9 Å². The summed E-state index contributed by atoms with van der Waals surface area (Å²) in [7, 11) is 1.60. The molecule has 6 nitrogen and oxygen atoms in total. The maximum atomic E-state index is 12.9. The van der Waals surface area contributed by atoms with Crippen LogP contribution in [-0.2, 0) is 16.6 Å². The normalized spacial score (nSPS) is 28.7. The van der Waals surface area contributed by atoms with Crippen molar-refractivity contribution in [2.24, 2.45) is 5.92 Å². The first-order valence-corrected chi connectivity index (χ1v) is 10.9. The zero-order chi connectivity index (χ0) is 18.5. The molecule has 0 aromatic heterocycles. The van der Waals surface area contributed by atoms with Crippen LogP contribution in [0.4, 0.5) is 0 Å². The fourth-order valence-corrected chi connectivity index (χ4v) is 6.39. The van der Waals surface area contributed by atoms with Crippen LogP contribution in [0.5, 0.6) is 5.75 Å². The third-order valence-electron chi connectivity index (χ3n) is 6.38. The standard InChI is InChI=1S/C19H29N3O3S.ClH/c1-20(2)26(23,24)22-9-4-5-15-13-21-10-8-14-11-16(25-3)6-7-17(14)19(21)12-18(15)22;/h6-7,11,15,18-19H,4-5,8-10,12-13H2,1-3H3;1H/t15-,18+,19-;/m1./s1. The van der Waals surface area contributed by atoms with Gasteiger partial charge in [0, 0.05) is 45.8 Å². The second kappa shape index (κ2) is 7.87. The van der Waals surface area contributed by atoms with Crippen molar-refractivity contribution in [3.05, 3.63) is 29.3 Å². The van der Waals surface area contributed by atoms with Gasteiger partial charge in [0.05, 0.1) is 7.11 Å². The summed E-state index contributed by atoms with van der Waals surface area (Å²) in [6.07, 6.45) is 4.01. The predicted molar refractivity (Wildman–Crippen MR) is 109 cm³/mol. The minimum absolute atomic E-state index is 0. The van der Waals surface area contributed by atoms with E-state index in [2.05, 4.69) is 17.0 Å². The van der Waals surface area contributed by atoms with E-state index in [1.54, 1.807) is 25.5 Å². The van der Waals surface area contributed by atoms with Gasteiger partial charge >= 0.3 is 0 Å². The van der Waals surface area contributed by atoms with Gasteiger partial charge in [0.2, 0.25) is 0 Å². The van der Waals surface area contributed by atoms with E-state index in [4.69, 9.17) is 4.74 Å². The smallest absolute Gasteiger partial charge is 0.281 e. The minimum Gasteiger partial charge on any atom is -0.497 e. The molecule has 8 heteroatoms. The van der Waals surface area contributed by atoms with Gasteiger partial charge in [0.1, 0.15) is 5.75 Å². The molecule has 3 aliphatic rings. The molecule has 0 amide bonds. The molecule has 27 heavy (non-hydrogen) atoms. The number of fused-ring (bicyclic) bond motifs is 4. The van der Waals surface area contributed by atoms with Crippen LogP contribution in [0.3, 0.4) is 0 Å². The Balaban J connectivity index is 0.00000210. The lowest BCUT2D eigenvalue weighted by molar-refractivity contribution is 0.0203. The minimum atomic E-state index is -3.37. The summed E-state index contributed by atoms with van der Waals surface area (Å²) in [5, 5.41) is 0. The summed E-state index contributed by atoms with van der Waals surface area (Å²) < 4.78 is 34.2. The molecule has 152 valence electrons. The maximum Gasteiger partial charge on any atom is 0.281 e. The average molecular weight is 416 g/mol. The van der Waals surface area contributed by atoms with E-state index in [-0.39, 0.29) is 18.4 Å². The van der Waals surface area contributed by atoms with Crippen LogP contribution >= 0.6 is 12.4 Å². The SMILES string of the molecule is COc1ccc2c(c1)CCN1C[C@H]3CCCN(S(=O)(=O)N(C)C)[C@H]3C[C@H]21.Cl. The molecule has 0 unspecified atom stereocenters. The van der Waals surface area contributed by atoms with Gasteiger partial charge < -0.3 is 4.74 Å². The highest BCUT2D eigenvalue weighted by molar-refractivity contribution is 7.86. The molecule has 1 aromatic carbocycles. The largest absolute Gasteiger partial charge is 0.497 e. The molecule has 3 heterocycles. The molecule has 0 N–H and O–H groups in total. The molecule has 0 radical (unpaired) electrons. The van der Waals surface area contributed by atoms with E-state index >= 15 is 0 Å². The Hall–Kier alpha value is -0.860. The van der Waals surface area contributed by atoms with Crippen LogP contribution in [0.25, 0.3) is 0 Å². The number of piperidine rings is 2. The molecule has 4 rings (SSSR count). The van der Waals surface area contributed by atoms with Gasteiger partial charge in [-0.2, -0.15) is 17.0 Å². The van der Waals surface area contributed by atoms with Crippen LogP contribution in [0.1, 0.15) is 36.4 Å². The van der Waals surface area contributed by atoms with E-state index in [0.717, 1.165) is 44.5 Å². The molecule has 2 fully saturated rings. The van der Waals surface area contributed by atoms with Crippen molar-refractivity contribution < 1.29 is 13.2 Å². The fraction of sp³-hybridized carbons (Fsp3) is 0.684. The highest BCUT2D eigenvalue weighted by Gasteiger charge is 2.46. The Bertz CT molecular complexity index is 786. The highest BCUT2D eigenvalue weighted by atomic mass is 35.5. The van der Waals surface area contributed by atoms with Gasteiger partial charge in [-0.15, -0.1) is 12.4 Å². The number of benzene rings is 1. The molecule has 0 bridgehead atoms.